The smallest absolute Gasteiger partial charge is 0.311 e. The van der Waals surface area contributed by atoms with E-state index in [1.54, 1.807) is 6.92 Å². The number of hydrogen-bond acceptors (Lipinski definition) is 5. The first-order valence-corrected chi connectivity index (χ1v) is 5.18. The number of ether oxygens (including phenoxy) is 2. The van der Waals surface area contributed by atoms with E-state index in [1.807, 2.05) is 0 Å². The summed E-state index contributed by atoms with van der Waals surface area (Å²) >= 11 is 0. The molecule has 1 rings (SSSR count). The van der Waals surface area contributed by atoms with Gasteiger partial charge in [-0.1, -0.05) is 0 Å². The summed E-state index contributed by atoms with van der Waals surface area (Å²) in [6.45, 7) is 6.09. The molecule has 5 heteroatoms. The normalized spacial score (nSPS) is 17.4. The first-order chi connectivity index (χ1) is 7.18. The molecule has 15 heavy (non-hydrogen) atoms. The standard InChI is InChI=1S/C10H18N2O3/c1-9(11)8-10(13)15-7-4-12-2-5-14-6-3-12/h11H,2-8H2,1H3. The molecule has 1 heterocycles. The molecule has 1 aliphatic heterocycles. The molecule has 0 saturated carbocycles. The zero-order chi connectivity index (χ0) is 11.1. The van der Waals surface area contributed by atoms with Crippen molar-refractivity contribution in [1.82, 2.24) is 4.90 Å². The highest BCUT2D eigenvalue weighted by Crippen LogP contribution is 1.96. The molecule has 1 aliphatic rings. The summed E-state index contributed by atoms with van der Waals surface area (Å²) in [5, 5.41) is 7.13. The average molecular weight is 214 g/mol. The van der Waals surface area contributed by atoms with Gasteiger partial charge in [-0.2, -0.15) is 0 Å². The van der Waals surface area contributed by atoms with Gasteiger partial charge in [0.05, 0.1) is 19.6 Å². The number of nitrogens with one attached hydrogen (secondary N) is 1. The Labute approximate surface area is 89.9 Å². The van der Waals surface area contributed by atoms with Crippen molar-refractivity contribution in [1.29, 1.82) is 5.41 Å². The third-order valence-corrected chi connectivity index (χ3v) is 2.18. The zero-order valence-corrected chi connectivity index (χ0v) is 9.12. The van der Waals surface area contributed by atoms with Gasteiger partial charge in [0.25, 0.3) is 0 Å². The number of carbonyl (C=O) groups is 1. The minimum absolute atomic E-state index is 0.100. The molecule has 0 bridgehead atoms. The molecule has 1 N–H and O–H groups in total. The van der Waals surface area contributed by atoms with Crippen LogP contribution in [0.3, 0.4) is 0 Å². The molecule has 1 fully saturated rings. The van der Waals surface area contributed by atoms with Crippen LogP contribution in [0.5, 0.6) is 0 Å². The molecule has 0 amide bonds. The molecule has 0 aromatic rings. The van der Waals surface area contributed by atoms with Gasteiger partial charge in [0, 0.05) is 25.3 Å². The summed E-state index contributed by atoms with van der Waals surface area (Å²) in [5.41, 5.74) is 0.339. The summed E-state index contributed by atoms with van der Waals surface area (Å²) in [5.74, 6) is -0.309. The molecule has 1 saturated heterocycles. The molecule has 0 radical (unpaired) electrons. The maximum atomic E-state index is 11.1. The summed E-state index contributed by atoms with van der Waals surface area (Å²) < 4.78 is 10.2. The highest BCUT2D eigenvalue weighted by atomic mass is 16.5. The van der Waals surface area contributed by atoms with Crippen LogP contribution in [0.15, 0.2) is 0 Å². The van der Waals surface area contributed by atoms with Crippen LogP contribution in [0.2, 0.25) is 0 Å². The Morgan fingerprint density at radius 3 is 2.73 bits per heavy atom. The lowest BCUT2D eigenvalue weighted by atomic mass is 10.3. The number of morpholine rings is 1. The van der Waals surface area contributed by atoms with Gasteiger partial charge in [-0.25, -0.2) is 0 Å². The van der Waals surface area contributed by atoms with Crippen LogP contribution in [0.1, 0.15) is 13.3 Å². The predicted octanol–water partition coefficient (Wildman–Crippen LogP) is 0.292. The Morgan fingerprint density at radius 2 is 2.13 bits per heavy atom. The molecular formula is C10H18N2O3. The highest BCUT2D eigenvalue weighted by Gasteiger charge is 2.10. The van der Waals surface area contributed by atoms with E-state index < -0.39 is 0 Å². The van der Waals surface area contributed by atoms with Crippen LogP contribution in [0, 0.1) is 5.41 Å². The average Bonchev–Trinajstić information content (AvgIpc) is 2.18. The Hall–Kier alpha value is -0.940. The van der Waals surface area contributed by atoms with Crippen molar-refractivity contribution < 1.29 is 14.3 Å². The number of rotatable bonds is 5. The zero-order valence-electron chi connectivity index (χ0n) is 9.12. The molecule has 0 aromatic heterocycles. The van der Waals surface area contributed by atoms with E-state index >= 15 is 0 Å². The fourth-order valence-electron chi connectivity index (χ4n) is 1.38. The molecule has 5 nitrogen and oxygen atoms in total. The predicted molar refractivity (Wildman–Crippen MR) is 56.2 cm³/mol. The minimum atomic E-state index is -0.309. The SMILES string of the molecule is CC(=N)CC(=O)OCCN1CCOCC1. The van der Waals surface area contributed by atoms with Gasteiger partial charge in [0.2, 0.25) is 0 Å². The highest BCUT2D eigenvalue weighted by molar-refractivity contribution is 5.95. The van der Waals surface area contributed by atoms with Gasteiger partial charge in [-0.05, 0) is 6.92 Å². The number of carbonyl (C=O) groups excluding carboxylic acids is 1. The van der Waals surface area contributed by atoms with Crippen LogP contribution in [-0.2, 0) is 14.3 Å². The topological polar surface area (TPSA) is 62.6 Å². The van der Waals surface area contributed by atoms with Crippen molar-refractivity contribution in [3.63, 3.8) is 0 Å². The summed E-state index contributed by atoms with van der Waals surface area (Å²) in [4.78, 5) is 13.3. The van der Waals surface area contributed by atoms with Crippen LogP contribution in [0.25, 0.3) is 0 Å². The fourth-order valence-corrected chi connectivity index (χ4v) is 1.38. The third kappa shape index (κ3) is 5.49. The maximum Gasteiger partial charge on any atom is 0.311 e. The largest absolute Gasteiger partial charge is 0.464 e. The van der Waals surface area contributed by atoms with Gasteiger partial charge in [-0.15, -0.1) is 0 Å². The third-order valence-electron chi connectivity index (χ3n) is 2.18. The molecular weight excluding hydrogens is 196 g/mol. The molecule has 86 valence electrons. The van der Waals surface area contributed by atoms with E-state index in [2.05, 4.69) is 4.90 Å². The van der Waals surface area contributed by atoms with Crippen molar-refractivity contribution in [2.45, 2.75) is 13.3 Å². The second-order valence-corrected chi connectivity index (χ2v) is 3.63. The van der Waals surface area contributed by atoms with Crippen molar-refractivity contribution in [2.75, 3.05) is 39.5 Å². The Kier molecular flexibility index (Phi) is 5.28. The lowest BCUT2D eigenvalue weighted by molar-refractivity contribution is -0.142. The van der Waals surface area contributed by atoms with Crippen molar-refractivity contribution >= 4 is 11.7 Å². The lowest BCUT2D eigenvalue weighted by Crippen LogP contribution is -2.38. The molecule has 0 aliphatic carbocycles. The molecule has 0 atom stereocenters. The summed E-state index contributed by atoms with van der Waals surface area (Å²) in [7, 11) is 0. The van der Waals surface area contributed by atoms with E-state index in [1.165, 1.54) is 0 Å². The number of nitrogens with zero attached hydrogens (tertiary/aromatic N) is 1. The fraction of sp³-hybridized carbons (Fsp3) is 0.800. The van der Waals surface area contributed by atoms with E-state index in [9.17, 15) is 4.79 Å². The van der Waals surface area contributed by atoms with E-state index in [0.717, 1.165) is 32.8 Å². The van der Waals surface area contributed by atoms with Crippen molar-refractivity contribution in [3.05, 3.63) is 0 Å². The Morgan fingerprint density at radius 1 is 1.47 bits per heavy atom. The van der Waals surface area contributed by atoms with Gasteiger partial charge in [-0.3, -0.25) is 9.69 Å². The Balaban J connectivity index is 2.04. The molecule has 0 unspecified atom stereocenters. The van der Waals surface area contributed by atoms with Crippen LogP contribution in [-0.4, -0.2) is 56.0 Å². The monoisotopic (exact) mass is 214 g/mol. The van der Waals surface area contributed by atoms with Gasteiger partial charge < -0.3 is 14.9 Å². The van der Waals surface area contributed by atoms with Crippen molar-refractivity contribution in [2.24, 2.45) is 0 Å². The first-order valence-electron chi connectivity index (χ1n) is 5.18. The van der Waals surface area contributed by atoms with Crippen LogP contribution < -0.4 is 0 Å². The Bertz CT molecular complexity index is 225. The van der Waals surface area contributed by atoms with E-state index in [0.29, 0.717) is 12.3 Å². The van der Waals surface area contributed by atoms with Gasteiger partial charge in [0.1, 0.15) is 6.61 Å². The second kappa shape index (κ2) is 6.53. The number of hydrogen-bond donors (Lipinski definition) is 1. The maximum absolute atomic E-state index is 11.1. The summed E-state index contributed by atoms with van der Waals surface area (Å²) in [6, 6.07) is 0. The summed E-state index contributed by atoms with van der Waals surface area (Å²) in [6.07, 6.45) is 0.100. The van der Waals surface area contributed by atoms with Crippen LogP contribution >= 0.6 is 0 Å². The van der Waals surface area contributed by atoms with E-state index in [4.69, 9.17) is 14.9 Å². The number of esters is 1. The minimum Gasteiger partial charge on any atom is -0.464 e. The second-order valence-electron chi connectivity index (χ2n) is 3.63. The quantitative estimate of drug-likeness (QED) is 0.528. The van der Waals surface area contributed by atoms with Crippen LogP contribution in [0.4, 0.5) is 0 Å². The van der Waals surface area contributed by atoms with Crippen molar-refractivity contribution in [3.8, 4) is 0 Å². The van der Waals surface area contributed by atoms with E-state index in [-0.39, 0.29) is 12.4 Å². The molecule has 0 aromatic carbocycles. The molecule has 0 spiro atoms. The van der Waals surface area contributed by atoms with Gasteiger partial charge in [0.15, 0.2) is 0 Å². The lowest BCUT2D eigenvalue weighted by Gasteiger charge is -2.26. The first kappa shape index (κ1) is 12.1. The van der Waals surface area contributed by atoms with Gasteiger partial charge >= 0.3 is 5.97 Å².